The second kappa shape index (κ2) is 16.6. The number of hydrogen-bond acceptors (Lipinski definition) is 7. The number of urea groups is 1. The molecule has 0 spiro atoms. The quantitative estimate of drug-likeness (QED) is 0.109. The predicted molar refractivity (Wildman–Crippen MR) is 211 cm³/mol. The van der Waals surface area contributed by atoms with Crippen molar-refractivity contribution in [3.05, 3.63) is 124 Å². The number of benzene rings is 3. The highest BCUT2D eigenvalue weighted by atomic mass is 32.2. The normalized spacial score (nSPS) is 16.1. The van der Waals surface area contributed by atoms with Crippen molar-refractivity contribution in [2.75, 3.05) is 18.2 Å². The summed E-state index contributed by atoms with van der Waals surface area (Å²) in [5.41, 5.74) is 16.1. The minimum absolute atomic E-state index is 0.00758. The van der Waals surface area contributed by atoms with E-state index in [1.807, 2.05) is 25.1 Å². The van der Waals surface area contributed by atoms with Crippen LogP contribution in [0.15, 0.2) is 96.4 Å². The molecule has 3 aromatic carbocycles. The minimum atomic E-state index is -3.29. The molecular weight excluding hydrogens is 709 g/mol. The second-order valence-corrected chi connectivity index (χ2v) is 16.1. The van der Waals surface area contributed by atoms with Crippen LogP contribution in [0.4, 0.5) is 10.5 Å². The predicted octanol–water partition coefficient (Wildman–Crippen LogP) is 6.83. The fourth-order valence-electron chi connectivity index (χ4n) is 6.80. The van der Waals surface area contributed by atoms with Crippen LogP contribution in [-0.4, -0.2) is 49.8 Å². The average Bonchev–Trinajstić information content (AvgIpc) is 3.66. The third kappa shape index (κ3) is 8.85. The fourth-order valence-corrected chi connectivity index (χ4v) is 9.07. The van der Waals surface area contributed by atoms with E-state index in [1.165, 1.54) is 56.0 Å². The smallest absolute Gasteiger partial charge is 0.314 e. The van der Waals surface area contributed by atoms with Crippen LogP contribution in [0.5, 0.6) is 0 Å². The number of nitrogens with two attached hydrogens (primary N) is 1. The highest BCUT2D eigenvalue weighted by molar-refractivity contribution is 7.95. The molecule has 0 fully saturated rings. The number of carbonyl (C=O) groups excluding carboxylic acids is 3. The van der Waals surface area contributed by atoms with E-state index >= 15 is 0 Å². The van der Waals surface area contributed by atoms with Crippen molar-refractivity contribution in [3.63, 3.8) is 0 Å². The number of nitrogens with zero attached hydrogens (tertiary/aromatic N) is 1. The zero-order valence-electron chi connectivity index (χ0n) is 29.4. The van der Waals surface area contributed by atoms with Gasteiger partial charge < -0.3 is 16.4 Å². The highest BCUT2D eigenvalue weighted by Crippen LogP contribution is 2.42. The van der Waals surface area contributed by atoms with Gasteiger partial charge in [-0.25, -0.2) is 13.2 Å². The Bertz CT molecular complexity index is 2240. The first kappa shape index (κ1) is 37.5. The van der Waals surface area contributed by atoms with Crippen molar-refractivity contribution in [3.8, 4) is 21.6 Å². The summed E-state index contributed by atoms with van der Waals surface area (Å²) >= 11 is 1.73. The van der Waals surface area contributed by atoms with Crippen LogP contribution in [0.3, 0.4) is 0 Å². The van der Waals surface area contributed by atoms with Gasteiger partial charge in [0.2, 0.25) is 5.91 Å². The molecule has 0 radical (unpaired) electrons. The molecule has 53 heavy (non-hydrogen) atoms. The average molecular weight is 751 g/mol. The summed E-state index contributed by atoms with van der Waals surface area (Å²) in [4.78, 5) is 36.8. The van der Waals surface area contributed by atoms with Gasteiger partial charge >= 0.3 is 6.03 Å². The van der Waals surface area contributed by atoms with Crippen LogP contribution in [0.2, 0.25) is 0 Å². The standard InChI is InChI=1S/C34H33N3O3S.C7H9NO3S/c1-2-35-34(39)36-19-18-33(38)37(40)26-8-5-7-24(21-26)31-16-17-32(41-31)25-12-13-28-23(20-25)11-15-29-27-9-4-3-6-22(27)10-14-30(28)29;8-7(9)5-6-3-1-2-4-12(6,10)11/h3-9,11,15-17,20-21,40H,2,10,12-14,18-19H2,1H3,(H2,35,36,39);1-4,6H,5H2,(H2,8,9). The van der Waals surface area contributed by atoms with Gasteiger partial charge in [0, 0.05) is 41.1 Å². The van der Waals surface area contributed by atoms with E-state index in [0.717, 1.165) is 41.5 Å². The molecule has 1 aromatic heterocycles. The number of hydroxylamine groups is 1. The largest absolute Gasteiger partial charge is 0.370 e. The SMILES string of the molecule is CCNC(=O)NCCC(=O)N(O)c1cccc(-c2ccc(C3=Cc4ccc5c(c4CC3)CCc3ccccc3-5)s2)c1.NC(=O)CC1C=CC=CS1(=O)=O. The number of amides is 4. The van der Waals surface area contributed by atoms with Gasteiger partial charge in [-0.15, -0.1) is 11.3 Å². The summed E-state index contributed by atoms with van der Waals surface area (Å²) in [5, 5.41) is 16.7. The Hall–Kier alpha value is -5.30. The van der Waals surface area contributed by atoms with E-state index in [0.29, 0.717) is 17.3 Å². The third-order valence-electron chi connectivity index (χ3n) is 9.42. The highest BCUT2D eigenvalue weighted by Gasteiger charge is 2.24. The second-order valence-electron chi connectivity index (χ2n) is 13.0. The van der Waals surface area contributed by atoms with Crippen LogP contribution in [0.25, 0.3) is 33.2 Å². The molecule has 1 aliphatic heterocycles. The lowest BCUT2D eigenvalue weighted by atomic mass is 9.78. The first-order valence-electron chi connectivity index (χ1n) is 17.6. The van der Waals surface area contributed by atoms with Crippen molar-refractivity contribution >= 4 is 56.4 Å². The van der Waals surface area contributed by atoms with Gasteiger partial charge in [-0.1, -0.05) is 72.8 Å². The van der Waals surface area contributed by atoms with Crippen molar-refractivity contribution in [1.82, 2.24) is 10.6 Å². The monoisotopic (exact) mass is 750 g/mol. The van der Waals surface area contributed by atoms with Crippen LogP contribution < -0.4 is 21.4 Å². The van der Waals surface area contributed by atoms with Gasteiger partial charge in [-0.2, -0.15) is 5.06 Å². The van der Waals surface area contributed by atoms with Crippen molar-refractivity contribution in [2.24, 2.45) is 5.73 Å². The molecule has 5 N–H and O–H groups in total. The number of fused-ring (bicyclic) bond motifs is 5. The summed E-state index contributed by atoms with van der Waals surface area (Å²) in [6.45, 7) is 2.47. The molecular formula is C41H42N4O6S2. The zero-order valence-corrected chi connectivity index (χ0v) is 31.0. The number of allylic oxidation sites excluding steroid dienone is 3. The molecule has 274 valence electrons. The first-order chi connectivity index (χ1) is 25.5. The van der Waals surface area contributed by atoms with Gasteiger partial charge in [0.1, 0.15) is 0 Å². The molecule has 2 heterocycles. The summed E-state index contributed by atoms with van der Waals surface area (Å²) in [6, 6.07) is 24.7. The lowest BCUT2D eigenvalue weighted by Crippen LogP contribution is -2.38. The number of sulfone groups is 1. The minimum Gasteiger partial charge on any atom is -0.370 e. The molecule has 1 atom stereocenters. The number of primary amides is 1. The first-order valence-corrected chi connectivity index (χ1v) is 20.0. The Morgan fingerprint density at radius 2 is 1.68 bits per heavy atom. The van der Waals surface area contributed by atoms with Crippen LogP contribution in [-0.2, 0) is 38.7 Å². The molecule has 0 saturated heterocycles. The summed E-state index contributed by atoms with van der Waals surface area (Å²) in [6.07, 6.45) is 10.9. The molecule has 4 amide bonds. The van der Waals surface area contributed by atoms with E-state index in [4.69, 9.17) is 5.73 Å². The van der Waals surface area contributed by atoms with Crippen LogP contribution in [0, 0.1) is 0 Å². The molecule has 3 aliphatic rings. The lowest BCUT2D eigenvalue weighted by Gasteiger charge is -2.26. The Balaban J connectivity index is 0.000000342. The van der Waals surface area contributed by atoms with Crippen LogP contribution in [0.1, 0.15) is 53.3 Å². The van der Waals surface area contributed by atoms with Gasteiger partial charge in [-0.3, -0.25) is 14.8 Å². The topological polar surface area (TPSA) is 159 Å². The van der Waals surface area contributed by atoms with E-state index in [2.05, 4.69) is 65.2 Å². The van der Waals surface area contributed by atoms with Crippen molar-refractivity contribution in [1.29, 1.82) is 0 Å². The lowest BCUT2D eigenvalue weighted by molar-refractivity contribution is -0.123. The number of thiophene rings is 1. The maximum absolute atomic E-state index is 12.5. The zero-order chi connectivity index (χ0) is 37.5. The van der Waals surface area contributed by atoms with E-state index in [9.17, 15) is 28.0 Å². The summed E-state index contributed by atoms with van der Waals surface area (Å²) < 4.78 is 22.3. The van der Waals surface area contributed by atoms with E-state index < -0.39 is 26.9 Å². The molecule has 7 rings (SSSR count). The third-order valence-corrected chi connectivity index (χ3v) is 12.3. The molecule has 2 aliphatic carbocycles. The van der Waals surface area contributed by atoms with Gasteiger partial charge in [0.25, 0.3) is 5.91 Å². The van der Waals surface area contributed by atoms with Crippen molar-refractivity contribution in [2.45, 2.75) is 50.7 Å². The number of carbonyl (C=O) groups is 3. The molecule has 10 nitrogen and oxygen atoms in total. The fraction of sp³-hybridized carbons (Fsp3) is 0.244. The number of anilines is 1. The van der Waals surface area contributed by atoms with Gasteiger partial charge in [0.15, 0.2) is 9.84 Å². The van der Waals surface area contributed by atoms with Gasteiger partial charge in [0.05, 0.1) is 10.9 Å². The Morgan fingerprint density at radius 1 is 0.887 bits per heavy atom. The Kier molecular flexibility index (Phi) is 11.7. The number of aryl methyl sites for hydroxylation is 1. The van der Waals surface area contributed by atoms with Crippen molar-refractivity contribution < 1.29 is 28.0 Å². The number of nitrogens with one attached hydrogen (secondary N) is 2. The van der Waals surface area contributed by atoms with Crippen LogP contribution >= 0.6 is 11.3 Å². The van der Waals surface area contributed by atoms with E-state index in [1.54, 1.807) is 23.5 Å². The summed E-state index contributed by atoms with van der Waals surface area (Å²) in [5.74, 6) is -1.09. The molecule has 0 bridgehead atoms. The molecule has 0 saturated carbocycles. The Labute approximate surface area is 313 Å². The Morgan fingerprint density at radius 3 is 2.47 bits per heavy atom. The summed E-state index contributed by atoms with van der Waals surface area (Å²) in [7, 11) is -3.29. The molecule has 4 aromatic rings. The number of hydrogen-bond donors (Lipinski definition) is 4. The van der Waals surface area contributed by atoms with E-state index in [-0.39, 0.29) is 25.4 Å². The molecule has 1 unspecified atom stereocenters. The van der Waals surface area contributed by atoms with Gasteiger partial charge in [-0.05, 0) is 101 Å². The maximum Gasteiger partial charge on any atom is 0.314 e. The molecule has 12 heteroatoms. The maximum atomic E-state index is 12.5. The number of rotatable bonds is 9.